The van der Waals surface area contributed by atoms with Crippen molar-refractivity contribution in [3.05, 3.63) is 47.5 Å². The Kier molecular flexibility index (Phi) is 4.90. The zero-order chi connectivity index (χ0) is 18.0. The third kappa shape index (κ3) is 3.58. The molecule has 0 radical (unpaired) electrons. The summed E-state index contributed by atoms with van der Waals surface area (Å²) in [5, 5.41) is 7.43. The number of halogens is 1. The number of nitrogens with zero attached hydrogens (tertiary/aromatic N) is 2. The van der Waals surface area contributed by atoms with E-state index in [-0.39, 0.29) is 17.8 Å². The lowest BCUT2D eigenvalue weighted by molar-refractivity contribution is -0.128. The van der Waals surface area contributed by atoms with Gasteiger partial charge in [0.25, 0.3) is 0 Å². The van der Waals surface area contributed by atoms with Crippen molar-refractivity contribution < 1.29 is 9.18 Å². The van der Waals surface area contributed by atoms with Crippen LogP contribution in [0.5, 0.6) is 0 Å². The van der Waals surface area contributed by atoms with Crippen molar-refractivity contribution in [1.29, 1.82) is 0 Å². The molecule has 6 heteroatoms. The molecular weight excluding hydrogens is 319 g/mol. The predicted octanol–water partition coefficient (Wildman–Crippen LogP) is 3.16. The van der Waals surface area contributed by atoms with Gasteiger partial charge in [-0.05, 0) is 51.0 Å². The largest absolute Gasteiger partial charge is 0.348 e. The highest BCUT2D eigenvalue weighted by atomic mass is 19.1. The van der Waals surface area contributed by atoms with Gasteiger partial charge in [0.2, 0.25) is 5.91 Å². The monoisotopic (exact) mass is 344 g/mol. The quantitative estimate of drug-likeness (QED) is 0.895. The number of hydrogen-bond acceptors (Lipinski definition) is 3. The fourth-order valence-corrected chi connectivity index (χ4v) is 3.52. The molecule has 1 amide bonds. The lowest BCUT2D eigenvalue weighted by Crippen LogP contribution is -2.55. The molecular formula is C19H25FN4O. The van der Waals surface area contributed by atoms with Crippen molar-refractivity contribution >= 4 is 5.91 Å². The van der Waals surface area contributed by atoms with Gasteiger partial charge in [0.05, 0.1) is 23.5 Å². The number of amides is 1. The highest BCUT2D eigenvalue weighted by Crippen LogP contribution is 2.27. The third-order valence-corrected chi connectivity index (χ3v) is 5.13. The van der Waals surface area contributed by atoms with E-state index in [2.05, 4.69) is 10.4 Å². The van der Waals surface area contributed by atoms with Gasteiger partial charge in [-0.25, -0.2) is 9.07 Å². The topological polar surface area (TPSA) is 72.9 Å². The molecule has 25 heavy (non-hydrogen) atoms. The van der Waals surface area contributed by atoms with Crippen LogP contribution in [0, 0.1) is 12.7 Å². The fourth-order valence-electron chi connectivity index (χ4n) is 3.52. The Bertz CT molecular complexity index is 747. The van der Waals surface area contributed by atoms with Gasteiger partial charge in [-0.3, -0.25) is 4.79 Å². The molecule has 3 rings (SSSR count). The van der Waals surface area contributed by atoms with Gasteiger partial charge in [-0.15, -0.1) is 0 Å². The zero-order valence-electron chi connectivity index (χ0n) is 14.8. The minimum absolute atomic E-state index is 0.0892. The normalized spacial score (nSPS) is 17.9. The molecule has 5 nitrogen and oxygen atoms in total. The summed E-state index contributed by atoms with van der Waals surface area (Å²) in [6, 6.07) is 5.98. The lowest BCUT2D eigenvalue weighted by Gasteiger charge is -2.33. The maximum absolute atomic E-state index is 13.1. The molecule has 1 unspecified atom stereocenters. The molecule has 0 spiro atoms. The first-order valence-corrected chi connectivity index (χ1v) is 8.81. The maximum atomic E-state index is 13.1. The molecule has 1 heterocycles. The molecule has 3 N–H and O–H groups in total. The molecule has 1 saturated carbocycles. The Morgan fingerprint density at radius 1 is 1.28 bits per heavy atom. The maximum Gasteiger partial charge on any atom is 0.240 e. The fraction of sp³-hybridized carbons (Fsp3) is 0.474. The minimum Gasteiger partial charge on any atom is -0.348 e. The van der Waals surface area contributed by atoms with Crippen LogP contribution in [0.25, 0.3) is 5.69 Å². The van der Waals surface area contributed by atoms with Crippen LogP contribution in [-0.2, 0) is 4.79 Å². The zero-order valence-corrected chi connectivity index (χ0v) is 14.8. The Labute approximate surface area is 147 Å². The highest BCUT2D eigenvalue weighted by molar-refractivity contribution is 5.86. The summed E-state index contributed by atoms with van der Waals surface area (Å²) in [5.74, 6) is -0.372. The predicted molar refractivity (Wildman–Crippen MR) is 94.8 cm³/mol. The highest BCUT2D eigenvalue weighted by Gasteiger charge is 2.36. The number of rotatable bonds is 4. The Morgan fingerprint density at radius 2 is 1.92 bits per heavy atom. The molecule has 2 aromatic rings. The van der Waals surface area contributed by atoms with Gasteiger partial charge >= 0.3 is 0 Å². The SMILES string of the molecule is Cc1c(C(C)NC(=O)C2(N)CCCCC2)cnn1-c1ccc(F)cc1. The summed E-state index contributed by atoms with van der Waals surface area (Å²) < 4.78 is 14.8. The first kappa shape index (κ1) is 17.6. The van der Waals surface area contributed by atoms with Crippen molar-refractivity contribution in [3.63, 3.8) is 0 Å². The van der Waals surface area contributed by atoms with E-state index in [1.807, 2.05) is 13.8 Å². The van der Waals surface area contributed by atoms with Crippen molar-refractivity contribution in [1.82, 2.24) is 15.1 Å². The minimum atomic E-state index is -0.757. The molecule has 0 aliphatic heterocycles. The summed E-state index contributed by atoms with van der Waals surface area (Å²) in [7, 11) is 0. The van der Waals surface area contributed by atoms with E-state index >= 15 is 0 Å². The Balaban J connectivity index is 1.75. The van der Waals surface area contributed by atoms with E-state index in [0.29, 0.717) is 0 Å². The lowest BCUT2D eigenvalue weighted by atomic mass is 9.81. The van der Waals surface area contributed by atoms with Crippen LogP contribution in [0.4, 0.5) is 4.39 Å². The van der Waals surface area contributed by atoms with Crippen LogP contribution in [-0.4, -0.2) is 21.2 Å². The number of nitrogens with two attached hydrogens (primary N) is 1. The van der Waals surface area contributed by atoms with E-state index in [4.69, 9.17) is 5.73 Å². The summed E-state index contributed by atoms with van der Waals surface area (Å²) in [5.41, 5.74) is 8.18. The second-order valence-electron chi connectivity index (χ2n) is 6.99. The van der Waals surface area contributed by atoms with E-state index < -0.39 is 5.54 Å². The van der Waals surface area contributed by atoms with Gasteiger partial charge in [0, 0.05) is 11.3 Å². The number of aromatic nitrogens is 2. The molecule has 1 aromatic heterocycles. The van der Waals surface area contributed by atoms with Crippen LogP contribution in [0.15, 0.2) is 30.5 Å². The second kappa shape index (κ2) is 6.96. The first-order chi connectivity index (χ1) is 11.9. The van der Waals surface area contributed by atoms with Crippen LogP contribution in [0.1, 0.15) is 56.3 Å². The molecule has 134 valence electrons. The number of hydrogen-bond donors (Lipinski definition) is 2. The molecule has 1 fully saturated rings. The molecule has 1 aliphatic rings. The molecule has 1 aliphatic carbocycles. The van der Waals surface area contributed by atoms with Gasteiger partial charge < -0.3 is 11.1 Å². The Morgan fingerprint density at radius 3 is 2.56 bits per heavy atom. The van der Waals surface area contributed by atoms with Crippen molar-refractivity contribution in [2.24, 2.45) is 5.73 Å². The second-order valence-corrected chi connectivity index (χ2v) is 6.99. The number of nitrogens with one attached hydrogen (secondary N) is 1. The van der Waals surface area contributed by atoms with E-state index in [9.17, 15) is 9.18 Å². The summed E-state index contributed by atoms with van der Waals surface area (Å²) >= 11 is 0. The van der Waals surface area contributed by atoms with E-state index in [0.717, 1.165) is 49.0 Å². The smallest absolute Gasteiger partial charge is 0.240 e. The van der Waals surface area contributed by atoms with E-state index in [1.54, 1.807) is 23.0 Å². The molecule has 0 saturated heterocycles. The van der Waals surface area contributed by atoms with Gasteiger partial charge in [-0.2, -0.15) is 5.10 Å². The third-order valence-electron chi connectivity index (χ3n) is 5.13. The number of carbonyl (C=O) groups is 1. The van der Waals surface area contributed by atoms with Gasteiger partial charge in [-0.1, -0.05) is 19.3 Å². The van der Waals surface area contributed by atoms with Crippen LogP contribution in [0.3, 0.4) is 0 Å². The number of benzene rings is 1. The first-order valence-electron chi connectivity index (χ1n) is 8.81. The van der Waals surface area contributed by atoms with Crippen molar-refractivity contribution in [2.75, 3.05) is 0 Å². The van der Waals surface area contributed by atoms with E-state index in [1.165, 1.54) is 12.1 Å². The van der Waals surface area contributed by atoms with Crippen LogP contribution >= 0.6 is 0 Å². The molecule has 1 atom stereocenters. The Hall–Kier alpha value is -2.21. The summed E-state index contributed by atoms with van der Waals surface area (Å²) in [6.07, 6.45) is 6.36. The summed E-state index contributed by atoms with van der Waals surface area (Å²) in [4.78, 5) is 12.6. The van der Waals surface area contributed by atoms with Crippen LogP contribution in [0.2, 0.25) is 0 Å². The van der Waals surface area contributed by atoms with Gasteiger partial charge in [0.15, 0.2) is 0 Å². The molecule has 1 aromatic carbocycles. The summed E-state index contributed by atoms with van der Waals surface area (Å²) in [6.45, 7) is 3.87. The average Bonchev–Trinajstić information content (AvgIpc) is 2.98. The number of carbonyl (C=O) groups excluding carboxylic acids is 1. The van der Waals surface area contributed by atoms with Crippen molar-refractivity contribution in [3.8, 4) is 5.69 Å². The average molecular weight is 344 g/mol. The van der Waals surface area contributed by atoms with Crippen LogP contribution < -0.4 is 11.1 Å². The van der Waals surface area contributed by atoms with Crippen molar-refractivity contribution in [2.45, 2.75) is 57.5 Å². The molecule has 0 bridgehead atoms. The van der Waals surface area contributed by atoms with Gasteiger partial charge in [0.1, 0.15) is 5.82 Å². The standard InChI is InChI=1S/C19H25FN4O/c1-13(23-18(25)19(21)10-4-3-5-11-19)17-12-22-24(14(17)2)16-8-6-15(20)7-9-16/h6-9,12-13H,3-5,10-11,21H2,1-2H3,(H,23,25).